The Morgan fingerprint density at radius 1 is 1.00 bits per heavy atom. The van der Waals surface area contributed by atoms with Crippen molar-refractivity contribution >= 4 is 16.7 Å². The Balaban J connectivity index is 1.91. The summed E-state index contributed by atoms with van der Waals surface area (Å²) in [5.41, 5.74) is -1.00. The quantitative estimate of drug-likeness (QED) is 0.468. The molecule has 0 unspecified atom stereocenters. The van der Waals surface area contributed by atoms with Gasteiger partial charge in [-0.2, -0.15) is 26.3 Å². The zero-order valence-electron chi connectivity index (χ0n) is 14.8. The molecule has 0 N–H and O–H groups in total. The fourth-order valence-corrected chi connectivity index (χ4v) is 3.46. The van der Waals surface area contributed by atoms with Gasteiger partial charge in [-0.1, -0.05) is 0 Å². The van der Waals surface area contributed by atoms with Crippen molar-refractivity contribution in [2.45, 2.75) is 51.1 Å². The minimum atomic E-state index is -4.75. The fraction of sp³-hybridized carbons (Fsp3) is 0.474. The van der Waals surface area contributed by atoms with E-state index in [1.807, 2.05) is 0 Å². The van der Waals surface area contributed by atoms with Gasteiger partial charge in [0.05, 0.1) is 17.5 Å². The number of carbonyl (C=O) groups excluding carboxylic acids is 1. The van der Waals surface area contributed by atoms with Crippen molar-refractivity contribution in [3.05, 3.63) is 35.5 Å². The highest BCUT2D eigenvalue weighted by Gasteiger charge is 2.42. The molecule has 152 valence electrons. The number of hydrogen-bond acceptors (Lipinski definition) is 3. The average molecular weight is 405 g/mol. The number of rotatable bonds is 3. The lowest BCUT2D eigenvalue weighted by atomic mass is 9.87. The predicted molar refractivity (Wildman–Crippen MR) is 89.2 cm³/mol. The number of alkyl halides is 6. The molecular weight excluding hydrogens is 388 g/mol. The molecule has 1 aromatic carbocycles. The molecule has 1 aliphatic carbocycles. The van der Waals surface area contributed by atoms with E-state index in [1.165, 1.54) is 19.1 Å². The number of hydrogen-bond donors (Lipinski definition) is 0. The van der Waals surface area contributed by atoms with Gasteiger partial charge in [-0.05, 0) is 49.9 Å². The first-order chi connectivity index (χ1) is 13.0. The summed E-state index contributed by atoms with van der Waals surface area (Å²) in [5.74, 6) is -2.26. The van der Waals surface area contributed by atoms with E-state index < -0.39 is 35.7 Å². The number of nitrogens with zero attached hydrogens (tertiary/aromatic N) is 1. The van der Waals surface area contributed by atoms with Gasteiger partial charge in [0, 0.05) is 12.3 Å². The molecule has 2 aromatic rings. The second kappa shape index (κ2) is 7.25. The van der Waals surface area contributed by atoms with Gasteiger partial charge < -0.3 is 4.74 Å². The van der Waals surface area contributed by atoms with Crippen molar-refractivity contribution in [1.82, 2.24) is 4.98 Å². The molecule has 3 nitrogen and oxygen atoms in total. The number of halogens is 6. The third kappa shape index (κ3) is 4.23. The van der Waals surface area contributed by atoms with Crippen LogP contribution in [-0.4, -0.2) is 23.0 Å². The maximum absolute atomic E-state index is 13.7. The first kappa shape index (κ1) is 20.4. The summed E-state index contributed by atoms with van der Waals surface area (Å²) in [6, 6.07) is 4.79. The summed E-state index contributed by atoms with van der Waals surface area (Å²) in [7, 11) is 0. The van der Waals surface area contributed by atoms with Gasteiger partial charge in [-0.3, -0.25) is 4.79 Å². The minimum Gasteiger partial charge on any atom is -0.490 e. The molecule has 0 amide bonds. The number of pyridine rings is 1. The van der Waals surface area contributed by atoms with Crippen molar-refractivity contribution < 1.29 is 35.9 Å². The van der Waals surface area contributed by atoms with Crippen LogP contribution >= 0.6 is 0 Å². The molecule has 1 saturated carbocycles. The van der Waals surface area contributed by atoms with E-state index in [0.717, 1.165) is 12.1 Å². The average Bonchev–Trinajstić information content (AvgIpc) is 2.59. The lowest BCUT2D eigenvalue weighted by Crippen LogP contribution is -2.32. The zero-order valence-corrected chi connectivity index (χ0v) is 14.8. The van der Waals surface area contributed by atoms with Crippen LogP contribution in [0.4, 0.5) is 26.3 Å². The van der Waals surface area contributed by atoms with E-state index in [2.05, 4.69) is 4.98 Å². The number of aromatic nitrogens is 1. The molecule has 0 radical (unpaired) electrons. The normalized spacial score (nSPS) is 21.0. The highest BCUT2D eigenvalue weighted by atomic mass is 19.4. The molecule has 0 saturated heterocycles. The number of ether oxygens (including phenoxy) is 1. The van der Waals surface area contributed by atoms with E-state index in [4.69, 9.17) is 4.74 Å². The summed E-state index contributed by atoms with van der Waals surface area (Å²) in [5, 5.41) is -0.223. The van der Waals surface area contributed by atoms with Crippen molar-refractivity contribution in [2.24, 2.45) is 5.92 Å². The highest BCUT2D eigenvalue weighted by molar-refractivity contribution is 5.95. The SMILES string of the molecule is CC(=O)c1ccc2c(C(F)(F)F)c(O[C@H]3CC[C@@H](C(F)(F)F)CC3)ccc2n1. The molecule has 9 heteroatoms. The Morgan fingerprint density at radius 3 is 2.18 bits per heavy atom. The molecule has 1 fully saturated rings. The van der Waals surface area contributed by atoms with E-state index in [1.54, 1.807) is 0 Å². The van der Waals surface area contributed by atoms with Crippen LogP contribution in [-0.2, 0) is 6.18 Å². The fourth-order valence-electron chi connectivity index (χ4n) is 3.46. The van der Waals surface area contributed by atoms with Crippen molar-refractivity contribution in [3.63, 3.8) is 0 Å². The lowest BCUT2D eigenvalue weighted by Gasteiger charge is -2.31. The van der Waals surface area contributed by atoms with Gasteiger partial charge in [0.2, 0.25) is 0 Å². The first-order valence-corrected chi connectivity index (χ1v) is 8.72. The van der Waals surface area contributed by atoms with E-state index in [-0.39, 0.29) is 48.1 Å². The summed E-state index contributed by atoms with van der Waals surface area (Å²) >= 11 is 0. The van der Waals surface area contributed by atoms with Gasteiger partial charge in [0.1, 0.15) is 17.0 Å². The molecule has 1 heterocycles. The minimum absolute atomic E-state index is 0.00634. The predicted octanol–water partition coefficient (Wildman–Crippen LogP) is 5.96. The second-order valence-electron chi connectivity index (χ2n) is 6.89. The second-order valence-corrected chi connectivity index (χ2v) is 6.89. The molecule has 3 rings (SSSR count). The van der Waals surface area contributed by atoms with Crippen molar-refractivity contribution in [2.75, 3.05) is 0 Å². The summed E-state index contributed by atoms with van der Waals surface area (Å²) < 4.78 is 84.8. The number of fused-ring (bicyclic) bond motifs is 1. The van der Waals surface area contributed by atoms with Gasteiger partial charge in [-0.15, -0.1) is 0 Å². The van der Waals surface area contributed by atoms with Gasteiger partial charge in [-0.25, -0.2) is 4.98 Å². The maximum atomic E-state index is 13.7. The molecule has 28 heavy (non-hydrogen) atoms. The van der Waals surface area contributed by atoms with Crippen molar-refractivity contribution in [1.29, 1.82) is 0 Å². The van der Waals surface area contributed by atoms with Gasteiger partial charge >= 0.3 is 12.4 Å². The number of benzene rings is 1. The zero-order chi connectivity index (χ0) is 20.7. The highest BCUT2D eigenvalue weighted by Crippen LogP contribution is 2.43. The van der Waals surface area contributed by atoms with Crippen LogP contribution in [0.25, 0.3) is 10.9 Å². The summed E-state index contributed by atoms with van der Waals surface area (Å²) in [6.45, 7) is 1.26. The molecule has 0 atom stereocenters. The van der Waals surface area contributed by atoms with E-state index in [9.17, 15) is 31.1 Å². The van der Waals surface area contributed by atoms with Crippen LogP contribution in [0.2, 0.25) is 0 Å². The van der Waals surface area contributed by atoms with Gasteiger partial charge in [0.25, 0.3) is 0 Å². The number of Topliss-reactive ketones (excluding diaryl/α,β-unsaturated/α-hetero) is 1. The third-order valence-electron chi connectivity index (χ3n) is 4.91. The van der Waals surface area contributed by atoms with Gasteiger partial charge in [0.15, 0.2) is 5.78 Å². The Hall–Kier alpha value is -2.32. The molecule has 1 aliphatic rings. The largest absolute Gasteiger partial charge is 0.490 e. The van der Waals surface area contributed by atoms with E-state index >= 15 is 0 Å². The Morgan fingerprint density at radius 2 is 1.64 bits per heavy atom. The van der Waals surface area contributed by atoms with Crippen LogP contribution in [0, 0.1) is 5.92 Å². The smallest absolute Gasteiger partial charge is 0.420 e. The Bertz CT molecular complexity index is 882. The summed E-state index contributed by atoms with van der Waals surface area (Å²) in [4.78, 5) is 15.4. The Labute approximate surface area is 156 Å². The number of carbonyl (C=O) groups is 1. The lowest BCUT2D eigenvalue weighted by molar-refractivity contribution is -0.185. The third-order valence-corrected chi connectivity index (χ3v) is 4.91. The van der Waals surface area contributed by atoms with Crippen LogP contribution in [0.5, 0.6) is 5.75 Å². The number of ketones is 1. The van der Waals surface area contributed by atoms with Crippen LogP contribution in [0.3, 0.4) is 0 Å². The molecule has 0 aliphatic heterocycles. The summed E-state index contributed by atoms with van der Waals surface area (Å²) in [6.07, 6.45) is -10.1. The molecule has 0 spiro atoms. The first-order valence-electron chi connectivity index (χ1n) is 8.72. The van der Waals surface area contributed by atoms with E-state index in [0.29, 0.717) is 0 Å². The van der Waals surface area contributed by atoms with Crippen LogP contribution in [0.15, 0.2) is 24.3 Å². The Kier molecular flexibility index (Phi) is 5.29. The molecule has 1 aromatic heterocycles. The van der Waals surface area contributed by atoms with Crippen molar-refractivity contribution in [3.8, 4) is 5.75 Å². The monoisotopic (exact) mass is 405 g/mol. The topological polar surface area (TPSA) is 39.2 Å². The molecular formula is C19H17F6NO2. The van der Waals surface area contributed by atoms with Crippen LogP contribution in [0.1, 0.15) is 48.7 Å². The maximum Gasteiger partial charge on any atom is 0.420 e. The van der Waals surface area contributed by atoms with Crippen LogP contribution < -0.4 is 4.74 Å². The molecule has 0 bridgehead atoms. The standard InChI is InChI=1S/C19H17F6NO2/c1-10(27)14-7-6-13-15(26-14)8-9-16(17(13)19(23,24)25)28-12-4-2-11(3-5-12)18(20,21)22/h6-9,11-12H,2-5H2,1H3/t11-,12+.